The van der Waals surface area contributed by atoms with E-state index in [2.05, 4.69) is 40.5 Å². The summed E-state index contributed by atoms with van der Waals surface area (Å²) < 4.78 is 5.36. The first-order chi connectivity index (χ1) is 9.00. The Balaban J connectivity index is 1.94. The van der Waals surface area contributed by atoms with Crippen LogP contribution in [0.2, 0.25) is 0 Å². The Labute approximate surface area is 115 Å². The summed E-state index contributed by atoms with van der Waals surface area (Å²) in [6.07, 6.45) is 3.50. The number of piperazine rings is 1. The van der Waals surface area contributed by atoms with E-state index in [0.717, 1.165) is 37.9 Å². The third-order valence-electron chi connectivity index (χ3n) is 3.44. The van der Waals surface area contributed by atoms with Crippen LogP contribution in [0.25, 0.3) is 0 Å². The highest BCUT2D eigenvalue weighted by Gasteiger charge is 2.26. The summed E-state index contributed by atoms with van der Waals surface area (Å²) in [5.74, 6) is 1.54. The van der Waals surface area contributed by atoms with Gasteiger partial charge >= 0.3 is 0 Å². The molecule has 0 radical (unpaired) electrons. The van der Waals surface area contributed by atoms with Gasteiger partial charge in [0.2, 0.25) is 5.95 Å². The zero-order chi connectivity index (χ0) is 13.9. The molecule has 1 aromatic rings. The highest BCUT2D eigenvalue weighted by molar-refractivity contribution is 5.32. The lowest BCUT2D eigenvalue weighted by molar-refractivity contribution is 0.128. The molecule has 1 aromatic heterocycles. The van der Waals surface area contributed by atoms with E-state index < -0.39 is 0 Å². The highest BCUT2D eigenvalue weighted by atomic mass is 16.5. The molecule has 0 saturated carbocycles. The zero-order valence-electron chi connectivity index (χ0n) is 12.4. The third kappa shape index (κ3) is 3.56. The fourth-order valence-corrected chi connectivity index (χ4v) is 2.29. The summed E-state index contributed by atoms with van der Waals surface area (Å²) in [7, 11) is 0. The molecule has 0 spiro atoms. The van der Waals surface area contributed by atoms with Gasteiger partial charge in [0.05, 0.1) is 19.0 Å². The van der Waals surface area contributed by atoms with Gasteiger partial charge in [0, 0.05) is 31.7 Å². The molecule has 5 nitrogen and oxygen atoms in total. The smallest absolute Gasteiger partial charge is 0.225 e. The quantitative estimate of drug-likeness (QED) is 0.832. The first kappa shape index (κ1) is 14.1. The first-order valence-corrected chi connectivity index (χ1v) is 6.95. The number of anilines is 1. The van der Waals surface area contributed by atoms with Crippen LogP contribution in [0.4, 0.5) is 5.95 Å². The summed E-state index contributed by atoms with van der Waals surface area (Å²) >= 11 is 0. The standard InChI is InChI=1S/C14H24N4O/c1-5-19-12-10-15-13(16-11-12)17-6-8-18(9-7-17)14(2,3)4/h10-11H,5-9H2,1-4H3. The topological polar surface area (TPSA) is 41.5 Å². The molecule has 0 bridgehead atoms. The normalized spacial score (nSPS) is 17.6. The van der Waals surface area contributed by atoms with Crippen LogP contribution in [0.15, 0.2) is 12.4 Å². The maximum Gasteiger partial charge on any atom is 0.225 e. The first-order valence-electron chi connectivity index (χ1n) is 6.95. The van der Waals surface area contributed by atoms with Crippen molar-refractivity contribution in [3.8, 4) is 5.75 Å². The summed E-state index contributed by atoms with van der Waals surface area (Å²) in [5.41, 5.74) is 0.242. The van der Waals surface area contributed by atoms with E-state index in [9.17, 15) is 0 Å². The molecule has 1 aliphatic rings. The lowest BCUT2D eigenvalue weighted by atomic mass is 10.1. The van der Waals surface area contributed by atoms with Gasteiger partial charge in [0.15, 0.2) is 5.75 Å². The van der Waals surface area contributed by atoms with Gasteiger partial charge in [0.25, 0.3) is 0 Å². The number of rotatable bonds is 3. The van der Waals surface area contributed by atoms with E-state index >= 15 is 0 Å². The predicted molar refractivity (Wildman–Crippen MR) is 76.7 cm³/mol. The molecule has 5 heteroatoms. The minimum Gasteiger partial charge on any atom is -0.491 e. The number of hydrogen-bond acceptors (Lipinski definition) is 5. The van der Waals surface area contributed by atoms with Crippen LogP contribution in [0.5, 0.6) is 5.75 Å². The van der Waals surface area contributed by atoms with Gasteiger partial charge in [-0.15, -0.1) is 0 Å². The Morgan fingerprint density at radius 1 is 1.11 bits per heavy atom. The highest BCUT2D eigenvalue weighted by Crippen LogP contribution is 2.19. The van der Waals surface area contributed by atoms with Gasteiger partial charge in [0.1, 0.15) is 0 Å². The Bertz CT molecular complexity index is 391. The van der Waals surface area contributed by atoms with Crippen molar-refractivity contribution in [1.29, 1.82) is 0 Å². The Kier molecular flexibility index (Phi) is 4.24. The van der Waals surface area contributed by atoms with Crippen molar-refractivity contribution in [1.82, 2.24) is 14.9 Å². The van der Waals surface area contributed by atoms with E-state index in [-0.39, 0.29) is 5.54 Å². The largest absolute Gasteiger partial charge is 0.491 e. The molecule has 106 valence electrons. The van der Waals surface area contributed by atoms with Gasteiger partial charge < -0.3 is 9.64 Å². The van der Waals surface area contributed by atoms with Gasteiger partial charge in [-0.1, -0.05) is 0 Å². The molecule has 0 aromatic carbocycles. The van der Waals surface area contributed by atoms with E-state index in [0.29, 0.717) is 6.61 Å². The predicted octanol–water partition coefficient (Wildman–Crippen LogP) is 1.80. The fraction of sp³-hybridized carbons (Fsp3) is 0.714. The molecule has 0 N–H and O–H groups in total. The second-order valence-electron chi connectivity index (χ2n) is 5.80. The molecule has 2 heterocycles. The summed E-state index contributed by atoms with van der Waals surface area (Å²) in [6.45, 7) is 13.4. The molecular formula is C14H24N4O. The molecule has 1 aliphatic heterocycles. The molecule has 0 atom stereocenters. The lowest BCUT2D eigenvalue weighted by Gasteiger charge is -2.42. The van der Waals surface area contributed by atoms with Crippen molar-refractivity contribution in [3.63, 3.8) is 0 Å². The van der Waals surface area contributed by atoms with Crippen molar-refractivity contribution in [2.75, 3.05) is 37.7 Å². The second-order valence-corrected chi connectivity index (χ2v) is 5.80. The van der Waals surface area contributed by atoms with Crippen molar-refractivity contribution in [2.24, 2.45) is 0 Å². The second kappa shape index (κ2) is 5.74. The monoisotopic (exact) mass is 264 g/mol. The minimum absolute atomic E-state index is 0.242. The molecule has 1 saturated heterocycles. The van der Waals surface area contributed by atoms with Gasteiger partial charge in [-0.25, -0.2) is 9.97 Å². The summed E-state index contributed by atoms with van der Waals surface area (Å²) in [6, 6.07) is 0. The lowest BCUT2D eigenvalue weighted by Crippen LogP contribution is -2.53. The van der Waals surface area contributed by atoms with Crippen molar-refractivity contribution >= 4 is 5.95 Å². The van der Waals surface area contributed by atoms with Gasteiger partial charge in [-0.3, -0.25) is 4.90 Å². The van der Waals surface area contributed by atoms with Crippen molar-refractivity contribution < 1.29 is 4.74 Å². The number of nitrogens with zero attached hydrogens (tertiary/aromatic N) is 4. The average Bonchev–Trinajstić information content (AvgIpc) is 2.39. The van der Waals surface area contributed by atoms with Crippen LogP contribution in [0.1, 0.15) is 27.7 Å². The van der Waals surface area contributed by atoms with Crippen LogP contribution < -0.4 is 9.64 Å². The van der Waals surface area contributed by atoms with Crippen molar-refractivity contribution in [3.05, 3.63) is 12.4 Å². The molecule has 1 fully saturated rings. The molecule has 0 unspecified atom stereocenters. The average molecular weight is 264 g/mol. The molecule has 0 aliphatic carbocycles. The fourth-order valence-electron chi connectivity index (χ4n) is 2.29. The minimum atomic E-state index is 0.242. The summed E-state index contributed by atoms with van der Waals surface area (Å²) in [5, 5.41) is 0. The number of ether oxygens (including phenoxy) is 1. The maximum absolute atomic E-state index is 5.36. The van der Waals surface area contributed by atoms with Crippen LogP contribution >= 0.6 is 0 Å². The third-order valence-corrected chi connectivity index (χ3v) is 3.44. The van der Waals surface area contributed by atoms with E-state index in [1.165, 1.54) is 0 Å². The number of hydrogen-bond donors (Lipinski definition) is 0. The van der Waals surface area contributed by atoms with Crippen LogP contribution in [0.3, 0.4) is 0 Å². The molecule has 19 heavy (non-hydrogen) atoms. The van der Waals surface area contributed by atoms with E-state index in [1.54, 1.807) is 12.4 Å². The molecular weight excluding hydrogens is 240 g/mol. The van der Waals surface area contributed by atoms with E-state index in [1.807, 2.05) is 6.92 Å². The van der Waals surface area contributed by atoms with Gasteiger partial charge in [-0.2, -0.15) is 0 Å². The summed E-state index contributed by atoms with van der Waals surface area (Å²) in [4.78, 5) is 13.5. The zero-order valence-corrected chi connectivity index (χ0v) is 12.4. The maximum atomic E-state index is 5.36. The molecule has 2 rings (SSSR count). The Morgan fingerprint density at radius 2 is 1.68 bits per heavy atom. The van der Waals surface area contributed by atoms with Crippen LogP contribution in [-0.2, 0) is 0 Å². The van der Waals surface area contributed by atoms with Crippen LogP contribution in [0, 0.1) is 0 Å². The number of aromatic nitrogens is 2. The van der Waals surface area contributed by atoms with Crippen molar-refractivity contribution in [2.45, 2.75) is 33.2 Å². The van der Waals surface area contributed by atoms with Crippen LogP contribution in [-0.4, -0.2) is 53.2 Å². The molecule has 0 amide bonds. The Hall–Kier alpha value is -1.36. The SMILES string of the molecule is CCOc1cnc(N2CCN(C(C)(C)C)CC2)nc1. The van der Waals surface area contributed by atoms with Gasteiger partial charge in [-0.05, 0) is 27.7 Å². The Morgan fingerprint density at radius 3 is 2.16 bits per heavy atom. The van der Waals surface area contributed by atoms with E-state index in [4.69, 9.17) is 4.74 Å².